The first kappa shape index (κ1) is 23.4. The summed E-state index contributed by atoms with van der Waals surface area (Å²) in [5, 5.41) is 10.8. The van der Waals surface area contributed by atoms with Gasteiger partial charge in [-0.05, 0) is 11.1 Å². The van der Waals surface area contributed by atoms with Crippen LogP contribution in [-0.2, 0) is 32.2 Å². The second kappa shape index (κ2) is 11.9. The van der Waals surface area contributed by atoms with Crippen LogP contribution in [0.1, 0.15) is 23.0 Å². The van der Waals surface area contributed by atoms with Crippen LogP contribution in [0.4, 0.5) is 0 Å². The lowest BCUT2D eigenvalue weighted by Gasteiger charge is -2.40. The highest BCUT2D eigenvalue weighted by Gasteiger charge is 2.41. The minimum atomic E-state index is -0.867. The average molecular weight is 447 g/mol. The lowest BCUT2D eigenvalue weighted by atomic mass is 10.0. The molecular weight excluding hydrogens is 416 g/mol. The fraction of sp³-hybridized carbons (Fsp3) is 0.286. The van der Waals surface area contributed by atoms with Crippen LogP contribution in [0, 0.1) is 0 Å². The quantitative estimate of drug-likeness (QED) is 0.453. The van der Waals surface area contributed by atoms with E-state index in [2.05, 4.69) is 6.58 Å². The van der Waals surface area contributed by atoms with Crippen molar-refractivity contribution >= 4 is 0 Å². The van der Waals surface area contributed by atoms with Crippen LogP contribution >= 0.6 is 0 Å². The Morgan fingerprint density at radius 3 is 1.97 bits per heavy atom. The summed E-state index contributed by atoms with van der Waals surface area (Å²) in [6.45, 7) is 4.86. The van der Waals surface area contributed by atoms with Crippen molar-refractivity contribution in [1.29, 1.82) is 0 Å². The monoisotopic (exact) mass is 446 g/mol. The van der Waals surface area contributed by atoms with Crippen molar-refractivity contribution < 1.29 is 24.1 Å². The Labute approximate surface area is 195 Å². The molecule has 5 atom stereocenters. The molecule has 0 saturated carbocycles. The zero-order valence-corrected chi connectivity index (χ0v) is 18.5. The summed E-state index contributed by atoms with van der Waals surface area (Å²) in [4.78, 5) is 0. The van der Waals surface area contributed by atoms with E-state index >= 15 is 0 Å². The Hall–Kier alpha value is -2.80. The molecule has 33 heavy (non-hydrogen) atoms. The molecule has 3 aromatic rings. The fourth-order valence-corrected chi connectivity index (χ4v) is 3.84. The van der Waals surface area contributed by atoms with Crippen molar-refractivity contribution in [2.24, 2.45) is 0 Å². The van der Waals surface area contributed by atoms with Crippen LogP contribution < -0.4 is 0 Å². The molecule has 5 heteroatoms. The SMILES string of the molecule is C=C[C@@H](OCc1ccccc1)[C@@H](OCc1ccccc1)[C@@H]1O[C@H](c2ccccc2)OC[C@@H]1O. The third-order valence-electron chi connectivity index (χ3n) is 5.60. The average Bonchev–Trinajstić information content (AvgIpc) is 2.88. The number of ether oxygens (including phenoxy) is 4. The number of hydrogen-bond acceptors (Lipinski definition) is 5. The van der Waals surface area contributed by atoms with Crippen molar-refractivity contribution in [3.8, 4) is 0 Å². The highest BCUT2D eigenvalue weighted by Crippen LogP contribution is 2.31. The molecule has 1 fully saturated rings. The van der Waals surface area contributed by atoms with Crippen molar-refractivity contribution in [3.05, 3.63) is 120 Å². The first-order valence-corrected chi connectivity index (χ1v) is 11.2. The van der Waals surface area contributed by atoms with Crippen LogP contribution in [0.25, 0.3) is 0 Å². The third kappa shape index (κ3) is 6.38. The van der Waals surface area contributed by atoms with Gasteiger partial charge in [-0.3, -0.25) is 0 Å². The molecule has 0 aliphatic carbocycles. The molecule has 0 bridgehead atoms. The van der Waals surface area contributed by atoms with E-state index in [1.165, 1.54) is 0 Å². The lowest BCUT2D eigenvalue weighted by Crippen LogP contribution is -2.52. The number of rotatable bonds is 10. The third-order valence-corrected chi connectivity index (χ3v) is 5.60. The molecule has 172 valence electrons. The van der Waals surface area contributed by atoms with Crippen molar-refractivity contribution in [2.45, 2.75) is 43.9 Å². The van der Waals surface area contributed by atoms with Crippen molar-refractivity contribution in [2.75, 3.05) is 6.61 Å². The summed E-state index contributed by atoms with van der Waals surface area (Å²) in [6.07, 6.45) is -1.50. The maximum absolute atomic E-state index is 10.8. The highest BCUT2D eigenvalue weighted by molar-refractivity contribution is 5.17. The largest absolute Gasteiger partial charge is 0.388 e. The number of benzene rings is 3. The Morgan fingerprint density at radius 2 is 1.39 bits per heavy atom. The Balaban J connectivity index is 1.53. The number of aliphatic hydroxyl groups excluding tert-OH is 1. The fourth-order valence-electron chi connectivity index (χ4n) is 3.84. The predicted molar refractivity (Wildman–Crippen MR) is 126 cm³/mol. The van der Waals surface area contributed by atoms with Gasteiger partial charge in [0.25, 0.3) is 0 Å². The molecule has 1 aliphatic rings. The van der Waals surface area contributed by atoms with E-state index in [1.54, 1.807) is 6.08 Å². The van der Waals surface area contributed by atoms with Crippen molar-refractivity contribution in [3.63, 3.8) is 0 Å². The van der Waals surface area contributed by atoms with Gasteiger partial charge in [0.15, 0.2) is 6.29 Å². The Kier molecular flexibility index (Phi) is 8.41. The second-order valence-corrected chi connectivity index (χ2v) is 8.00. The van der Waals surface area contributed by atoms with Gasteiger partial charge in [-0.25, -0.2) is 0 Å². The van der Waals surface area contributed by atoms with Crippen LogP contribution in [0.2, 0.25) is 0 Å². The molecule has 3 aromatic carbocycles. The highest BCUT2D eigenvalue weighted by atomic mass is 16.7. The van der Waals surface area contributed by atoms with Gasteiger partial charge in [-0.1, -0.05) is 97.1 Å². The predicted octanol–water partition coefficient (Wildman–Crippen LogP) is 4.82. The minimum absolute atomic E-state index is 0.137. The van der Waals surface area contributed by atoms with Gasteiger partial charge < -0.3 is 24.1 Å². The molecule has 1 saturated heterocycles. The summed E-state index contributed by atoms with van der Waals surface area (Å²) in [6, 6.07) is 29.5. The minimum Gasteiger partial charge on any atom is -0.388 e. The van der Waals surface area contributed by atoms with E-state index in [1.807, 2.05) is 91.0 Å². The zero-order valence-electron chi connectivity index (χ0n) is 18.5. The summed E-state index contributed by atoms with van der Waals surface area (Å²) in [5.41, 5.74) is 2.95. The van der Waals surface area contributed by atoms with Gasteiger partial charge in [0.05, 0.1) is 19.8 Å². The molecular formula is C28H30O5. The van der Waals surface area contributed by atoms with E-state index in [-0.39, 0.29) is 6.61 Å². The summed E-state index contributed by atoms with van der Waals surface area (Å²) < 4.78 is 24.5. The van der Waals surface area contributed by atoms with E-state index in [0.29, 0.717) is 13.2 Å². The van der Waals surface area contributed by atoms with Gasteiger partial charge in [0.2, 0.25) is 0 Å². The van der Waals surface area contributed by atoms with Gasteiger partial charge in [0, 0.05) is 5.56 Å². The maximum atomic E-state index is 10.8. The van der Waals surface area contributed by atoms with Crippen molar-refractivity contribution in [1.82, 2.24) is 0 Å². The van der Waals surface area contributed by atoms with Gasteiger partial charge in [-0.2, -0.15) is 0 Å². The molecule has 1 N–H and O–H groups in total. The summed E-state index contributed by atoms with van der Waals surface area (Å²) in [7, 11) is 0. The van der Waals surface area contributed by atoms with Crippen LogP contribution in [-0.4, -0.2) is 36.1 Å². The first-order chi connectivity index (χ1) is 16.2. The topological polar surface area (TPSA) is 57.2 Å². The van der Waals surface area contributed by atoms with Gasteiger partial charge in [0.1, 0.15) is 24.4 Å². The maximum Gasteiger partial charge on any atom is 0.184 e. The molecule has 1 aliphatic heterocycles. The molecule has 0 unspecified atom stereocenters. The summed E-state index contributed by atoms with van der Waals surface area (Å²) in [5.74, 6) is 0. The molecule has 4 rings (SSSR count). The van der Waals surface area contributed by atoms with Crippen LogP contribution in [0.5, 0.6) is 0 Å². The zero-order chi connectivity index (χ0) is 22.9. The molecule has 0 amide bonds. The summed E-state index contributed by atoms with van der Waals surface area (Å²) >= 11 is 0. The Morgan fingerprint density at radius 1 is 0.848 bits per heavy atom. The second-order valence-electron chi connectivity index (χ2n) is 8.00. The molecule has 1 heterocycles. The Bertz CT molecular complexity index is 963. The van der Waals surface area contributed by atoms with Crippen LogP contribution in [0.15, 0.2) is 104 Å². The molecule has 5 nitrogen and oxygen atoms in total. The van der Waals surface area contributed by atoms with E-state index in [4.69, 9.17) is 18.9 Å². The molecule has 0 radical (unpaired) electrons. The first-order valence-electron chi connectivity index (χ1n) is 11.2. The normalized spacial score (nSPS) is 22.4. The molecule has 0 aromatic heterocycles. The molecule has 0 spiro atoms. The van der Waals surface area contributed by atoms with Gasteiger partial charge >= 0.3 is 0 Å². The van der Waals surface area contributed by atoms with E-state index in [9.17, 15) is 5.11 Å². The van der Waals surface area contributed by atoms with Gasteiger partial charge in [-0.15, -0.1) is 6.58 Å². The smallest absolute Gasteiger partial charge is 0.184 e. The number of aliphatic hydroxyl groups is 1. The standard InChI is InChI=1S/C28H30O5/c1-2-25(30-18-21-12-6-3-7-13-21)27(31-19-22-14-8-4-9-15-22)26-24(29)20-32-28(33-26)23-16-10-5-11-17-23/h2-17,24-29H,1,18-20H2/t24-,25+,26+,27+,28+/m0/s1. The van der Waals surface area contributed by atoms with E-state index < -0.39 is 30.7 Å². The van der Waals surface area contributed by atoms with E-state index in [0.717, 1.165) is 16.7 Å². The lowest BCUT2D eigenvalue weighted by molar-refractivity contribution is -0.289. The van der Waals surface area contributed by atoms with Crippen LogP contribution in [0.3, 0.4) is 0 Å². The number of hydrogen-bond donors (Lipinski definition) is 1.